The molecule has 11 heavy (non-hydrogen) atoms. The van der Waals surface area contributed by atoms with Gasteiger partial charge in [-0.1, -0.05) is 6.92 Å². The van der Waals surface area contributed by atoms with Gasteiger partial charge in [0.15, 0.2) is 0 Å². The summed E-state index contributed by atoms with van der Waals surface area (Å²) in [7, 11) is 0. The third-order valence-corrected chi connectivity index (χ3v) is 2.12. The Kier molecular flexibility index (Phi) is 2.28. The Hall–Kier alpha value is -0.850. The van der Waals surface area contributed by atoms with Gasteiger partial charge in [0.05, 0.1) is 0 Å². The molecule has 60 valence electrons. The molecule has 0 atom stereocenters. The fraction of sp³-hybridized carbons (Fsp3) is 0.400. The second kappa shape index (κ2) is 3.04. The van der Waals surface area contributed by atoms with Crippen LogP contribution in [0.2, 0.25) is 0 Å². The summed E-state index contributed by atoms with van der Waals surface area (Å²) in [4.78, 5) is 0. The van der Waals surface area contributed by atoms with Crippen LogP contribution in [0, 0.1) is 19.7 Å². The van der Waals surface area contributed by atoms with Crippen molar-refractivity contribution in [3.05, 3.63) is 34.6 Å². The van der Waals surface area contributed by atoms with Crippen molar-refractivity contribution >= 4 is 0 Å². The van der Waals surface area contributed by atoms with Gasteiger partial charge in [-0.3, -0.25) is 0 Å². The first-order valence-electron chi connectivity index (χ1n) is 3.90. The molecule has 0 saturated carbocycles. The highest BCUT2D eigenvalue weighted by atomic mass is 19.1. The second-order valence-corrected chi connectivity index (χ2v) is 2.86. The lowest BCUT2D eigenvalue weighted by Gasteiger charge is -2.05. The highest BCUT2D eigenvalue weighted by Crippen LogP contribution is 2.15. The summed E-state index contributed by atoms with van der Waals surface area (Å²) >= 11 is 0. The highest BCUT2D eigenvalue weighted by molar-refractivity contribution is 5.33. The van der Waals surface area contributed by atoms with Gasteiger partial charge in [0.2, 0.25) is 0 Å². The van der Waals surface area contributed by atoms with E-state index in [1.165, 1.54) is 5.56 Å². The maximum Gasteiger partial charge on any atom is 0.123 e. The van der Waals surface area contributed by atoms with E-state index in [0.717, 1.165) is 17.5 Å². The first kappa shape index (κ1) is 8.25. The predicted octanol–water partition coefficient (Wildman–Crippen LogP) is 3.00. The number of halogens is 1. The molecule has 0 aromatic heterocycles. The Morgan fingerprint density at radius 2 is 1.91 bits per heavy atom. The topological polar surface area (TPSA) is 0 Å². The Morgan fingerprint density at radius 3 is 2.45 bits per heavy atom. The second-order valence-electron chi connectivity index (χ2n) is 2.86. The molecule has 1 aromatic rings. The van der Waals surface area contributed by atoms with E-state index in [1.807, 2.05) is 20.8 Å². The number of benzene rings is 1. The van der Waals surface area contributed by atoms with E-state index in [2.05, 4.69) is 0 Å². The normalized spacial score (nSPS) is 10.2. The van der Waals surface area contributed by atoms with Crippen molar-refractivity contribution < 1.29 is 4.39 Å². The van der Waals surface area contributed by atoms with E-state index in [-0.39, 0.29) is 5.82 Å². The molecule has 0 fully saturated rings. The van der Waals surface area contributed by atoms with Crippen molar-refractivity contribution in [2.45, 2.75) is 27.2 Å². The van der Waals surface area contributed by atoms with Crippen molar-refractivity contribution in [1.82, 2.24) is 0 Å². The molecule has 0 bridgehead atoms. The number of rotatable bonds is 1. The van der Waals surface area contributed by atoms with Crippen molar-refractivity contribution in [3.8, 4) is 0 Å². The van der Waals surface area contributed by atoms with Crippen LogP contribution in [0.1, 0.15) is 23.6 Å². The summed E-state index contributed by atoms with van der Waals surface area (Å²) in [6, 6.07) is 3.19. The molecule has 0 spiro atoms. The molecule has 0 aliphatic carbocycles. The minimum absolute atomic E-state index is 0.120. The largest absolute Gasteiger partial charge is 0.207 e. The zero-order valence-electron chi connectivity index (χ0n) is 7.24. The van der Waals surface area contributed by atoms with E-state index in [9.17, 15) is 4.39 Å². The standard InChI is InChI=1S/C10H13F/c1-4-9-6-10(11)5-7(2)8(9)3/h5-6H,4H2,1-3H3. The molecule has 0 aliphatic rings. The molecule has 0 aliphatic heterocycles. The van der Waals surface area contributed by atoms with Crippen LogP contribution in [0.4, 0.5) is 4.39 Å². The van der Waals surface area contributed by atoms with Crippen LogP contribution in [-0.2, 0) is 6.42 Å². The average Bonchev–Trinajstić information content (AvgIpc) is 1.96. The Bertz CT molecular complexity index is 264. The van der Waals surface area contributed by atoms with E-state index in [4.69, 9.17) is 0 Å². The summed E-state index contributed by atoms with van der Waals surface area (Å²) in [5.41, 5.74) is 3.37. The number of aryl methyl sites for hydroxylation is 2. The van der Waals surface area contributed by atoms with Crippen molar-refractivity contribution in [3.63, 3.8) is 0 Å². The first-order chi connectivity index (χ1) is 5.15. The Labute approximate surface area is 67.1 Å². The van der Waals surface area contributed by atoms with Crippen LogP contribution in [0.5, 0.6) is 0 Å². The van der Waals surface area contributed by atoms with Crippen LogP contribution < -0.4 is 0 Å². The summed E-state index contributed by atoms with van der Waals surface area (Å²) in [6.07, 6.45) is 0.907. The monoisotopic (exact) mass is 152 g/mol. The van der Waals surface area contributed by atoms with Gasteiger partial charge in [-0.05, 0) is 49.1 Å². The molecule has 1 aromatic carbocycles. The average molecular weight is 152 g/mol. The maximum atomic E-state index is 12.8. The third kappa shape index (κ3) is 1.59. The van der Waals surface area contributed by atoms with Gasteiger partial charge >= 0.3 is 0 Å². The first-order valence-corrected chi connectivity index (χ1v) is 3.90. The SMILES string of the molecule is CCc1cc(F)cc(C)c1C. The van der Waals surface area contributed by atoms with Crippen molar-refractivity contribution in [2.75, 3.05) is 0 Å². The Morgan fingerprint density at radius 1 is 1.27 bits per heavy atom. The number of hydrogen-bond acceptors (Lipinski definition) is 0. The minimum Gasteiger partial charge on any atom is -0.207 e. The van der Waals surface area contributed by atoms with Crippen LogP contribution in [-0.4, -0.2) is 0 Å². The molecule has 1 rings (SSSR count). The van der Waals surface area contributed by atoms with Gasteiger partial charge in [0.1, 0.15) is 5.82 Å². The van der Waals surface area contributed by atoms with Crippen molar-refractivity contribution in [1.29, 1.82) is 0 Å². The molecule has 0 saturated heterocycles. The number of hydrogen-bond donors (Lipinski definition) is 0. The quantitative estimate of drug-likeness (QED) is 0.580. The molecular weight excluding hydrogens is 139 g/mol. The third-order valence-electron chi connectivity index (χ3n) is 2.12. The highest BCUT2D eigenvalue weighted by Gasteiger charge is 2.01. The lowest BCUT2D eigenvalue weighted by atomic mass is 10.0. The van der Waals surface area contributed by atoms with Gasteiger partial charge in [-0.2, -0.15) is 0 Å². The van der Waals surface area contributed by atoms with Gasteiger partial charge in [-0.25, -0.2) is 4.39 Å². The van der Waals surface area contributed by atoms with E-state index >= 15 is 0 Å². The lowest BCUT2D eigenvalue weighted by Crippen LogP contribution is -1.91. The fourth-order valence-corrected chi connectivity index (χ4v) is 1.25. The van der Waals surface area contributed by atoms with Gasteiger partial charge < -0.3 is 0 Å². The predicted molar refractivity (Wildman–Crippen MR) is 45.3 cm³/mol. The van der Waals surface area contributed by atoms with Crippen LogP contribution in [0.3, 0.4) is 0 Å². The zero-order valence-corrected chi connectivity index (χ0v) is 7.24. The molecule has 0 amide bonds. The zero-order chi connectivity index (χ0) is 8.43. The Balaban J connectivity index is 3.24. The van der Waals surface area contributed by atoms with Crippen LogP contribution in [0.25, 0.3) is 0 Å². The van der Waals surface area contributed by atoms with Crippen LogP contribution in [0.15, 0.2) is 12.1 Å². The maximum absolute atomic E-state index is 12.8. The van der Waals surface area contributed by atoms with Crippen molar-refractivity contribution in [2.24, 2.45) is 0 Å². The molecule has 0 nitrogen and oxygen atoms in total. The van der Waals surface area contributed by atoms with Crippen LogP contribution >= 0.6 is 0 Å². The van der Waals surface area contributed by atoms with Gasteiger partial charge in [0, 0.05) is 0 Å². The summed E-state index contributed by atoms with van der Waals surface area (Å²) in [5, 5.41) is 0. The lowest BCUT2D eigenvalue weighted by molar-refractivity contribution is 0.623. The molecule has 1 heteroatoms. The van der Waals surface area contributed by atoms with E-state index in [0.29, 0.717) is 0 Å². The summed E-state index contributed by atoms with van der Waals surface area (Å²) in [5.74, 6) is -0.120. The van der Waals surface area contributed by atoms with Gasteiger partial charge in [-0.15, -0.1) is 0 Å². The smallest absolute Gasteiger partial charge is 0.123 e. The van der Waals surface area contributed by atoms with Gasteiger partial charge in [0.25, 0.3) is 0 Å². The molecule has 0 N–H and O–H groups in total. The summed E-state index contributed by atoms with van der Waals surface area (Å²) in [6.45, 7) is 6.02. The fourth-order valence-electron chi connectivity index (χ4n) is 1.25. The van der Waals surface area contributed by atoms with E-state index < -0.39 is 0 Å². The summed E-state index contributed by atoms with van der Waals surface area (Å²) < 4.78 is 12.8. The molecular formula is C10H13F. The molecule has 0 unspecified atom stereocenters. The molecule has 0 heterocycles. The minimum atomic E-state index is -0.120. The molecule has 0 radical (unpaired) electrons. The van der Waals surface area contributed by atoms with E-state index in [1.54, 1.807) is 12.1 Å².